The standard InChI is InChI=1S/C22H22FN5O/c23-19-1-3-20(4-2-19)27-11-13-28(14-12-27)22(29)18-7-10-25-21(15-18)26-16-17-5-8-24-9-6-17/h1-10,15H,11-14,16H2,(H,25,26). The van der Waals surface area contributed by atoms with Crippen molar-refractivity contribution in [3.05, 3.63) is 84.1 Å². The molecule has 0 spiro atoms. The number of hydrogen-bond acceptors (Lipinski definition) is 5. The topological polar surface area (TPSA) is 61.4 Å². The normalized spacial score (nSPS) is 14.0. The Kier molecular flexibility index (Phi) is 5.65. The Labute approximate surface area is 169 Å². The molecular weight excluding hydrogens is 369 g/mol. The Morgan fingerprint density at radius 3 is 2.41 bits per heavy atom. The number of carbonyl (C=O) groups excluding carboxylic acids is 1. The highest BCUT2D eigenvalue weighted by Crippen LogP contribution is 2.18. The van der Waals surface area contributed by atoms with Crippen LogP contribution in [-0.2, 0) is 6.54 Å². The van der Waals surface area contributed by atoms with E-state index in [0.717, 1.165) is 24.3 Å². The van der Waals surface area contributed by atoms with Gasteiger partial charge in [0.15, 0.2) is 0 Å². The van der Waals surface area contributed by atoms with Gasteiger partial charge in [-0.05, 0) is 54.1 Å². The molecule has 0 radical (unpaired) electrons. The van der Waals surface area contributed by atoms with Crippen LogP contribution >= 0.6 is 0 Å². The van der Waals surface area contributed by atoms with Crippen molar-refractivity contribution in [3.8, 4) is 0 Å². The fraction of sp³-hybridized carbons (Fsp3) is 0.227. The summed E-state index contributed by atoms with van der Waals surface area (Å²) in [6, 6.07) is 13.9. The zero-order valence-corrected chi connectivity index (χ0v) is 16.0. The van der Waals surface area contributed by atoms with Crippen LogP contribution in [0.15, 0.2) is 67.1 Å². The number of nitrogens with zero attached hydrogens (tertiary/aromatic N) is 4. The van der Waals surface area contributed by atoms with Crippen LogP contribution in [0.2, 0.25) is 0 Å². The lowest BCUT2D eigenvalue weighted by molar-refractivity contribution is 0.0746. The maximum Gasteiger partial charge on any atom is 0.254 e. The van der Waals surface area contributed by atoms with E-state index in [0.29, 0.717) is 31.0 Å². The number of rotatable bonds is 5. The molecule has 0 saturated carbocycles. The van der Waals surface area contributed by atoms with Crippen LogP contribution in [-0.4, -0.2) is 47.0 Å². The fourth-order valence-electron chi connectivity index (χ4n) is 3.36. The summed E-state index contributed by atoms with van der Waals surface area (Å²) in [5, 5.41) is 3.24. The minimum Gasteiger partial charge on any atom is -0.368 e. The maximum absolute atomic E-state index is 13.1. The van der Waals surface area contributed by atoms with Crippen molar-refractivity contribution in [3.63, 3.8) is 0 Å². The van der Waals surface area contributed by atoms with Gasteiger partial charge in [0.1, 0.15) is 11.6 Å². The van der Waals surface area contributed by atoms with E-state index >= 15 is 0 Å². The monoisotopic (exact) mass is 391 g/mol. The third kappa shape index (κ3) is 4.68. The van der Waals surface area contributed by atoms with Crippen molar-refractivity contribution in [1.29, 1.82) is 0 Å². The summed E-state index contributed by atoms with van der Waals surface area (Å²) in [7, 11) is 0. The number of anilines is 2. The summed E-state index contributed by atoms with van der Waals surface area (Å²) in [6.45, 7) is 3.30. The van der Waals surface area contributed by atoms with E-state index < -0.39 is 0 Å². The number of hydrogen-bond donors (Lipinski definition) is 1. The lowest BCUT2D eigenvalue weighted by Gasteiger charge is -2.36. The quantitative estimate of drug-likeness (QED) is 0.724. The number of pyridine rings is 2. The minimum atomic E-state index is -0.242. The molecule has 148 valence electrons. The van der Waals surface area contributed by atoms with Crippen LogP contribution in [0.25, 0.3) is 0 Å². The smallest absolute Gasteiger partial charge is 0.254 e. The third-order valence-electron chi connectivity index (χ3n) is 4.99. The van der Waals surface area contributed by atoms with Gasteiger partial charge in [0, 0.05) is 62.6 Å². The first-order chi connectivity index (χ1) is 14.2. The maximum atomic E-state index is 13.1. The van der Waals surface area contributed by atoms with Crippen LogP contribution in [0, 0.1) is 5.82 Å². The molecule has 7 heteroatoms. The molecule has 1 saturated heterocycles. The van der Waals surface area contributed by atoms with Crippen LogP contribution in [0.3, 0.4) is 0 Å². The van der Waals surface area contributed by atoms with Gasteiger partial charge in [0.05, 0.1) is 0 Å². The van der Waals surface area contributed by atoms with E-state index in [1.165, 1.54) is 12.1 Å². The van der Waals surface area contributed by atoms with Gasteiger partial charge in [-0.3, -0.25) is 9.78 Å². The molecule has 1 aliphatic rings. The first kappa shape index (κ1) is 18.9. The number of halogens is 1. The summed E-state index contributed by atoms with van der Waals surface area (Å²) in [6.07, 6.45) is 5.14. The van der Waals surface area contributed by atoms with E-state index in [4.69, 9.17) is 0 Å². The number of benzene rings is 1. The number of carbonyl (C=O) groups is 1. The predicted molar refractivity (Wildman–Crippen MR) is 110 cm³/mol. The SMILES string of the molecule is O=C(c1ccnc(NCc2ccncc2)c1)N1CCN(c2ccc(F)cc2)CC1. The number of piperazine rings is 1. The molecule has 1 aromatic carbocycles. The zero-order valence-electron chi connectivity index (χ0n) is 16.0. The van der Waals surface area contributed by atoms with E-state index in [2.05, 4.69) is 20.2 Å². The number of amides is 1. The number of aromatic nitrogens is 2. The lowest BCUT2D eigenvalue weighted by Crippen LogP contribution is -2.48. The van der Waals surface area contributed by atoms with Gasteiger partial charge in [0.25, 0.3) is 5.91 Å². The Morgan fingerprint density at radius 1 is 0.966 bits per heavy atom. The van der Waals surface area contributed by atoms with Crippen molar-refractivity contribution in [2.75, 3.05) is 36.4 Å². The molecular formula is C22H22FN5O. The zero-order chi connectivity index (χ0) is 20.1. The van der Waals surface area contributed by atoms with Crippen molar-refractivity contribution in [2.45, 2.75) is 6.54 Å². The molecule has 4 rings (SSSR count). The average Bonchev–Trinajstić information content (AvgIpc) is 2.79. The van der Waals surface area contributed by atoms with Crippen LogP contribution in [0.5, 0.6) is 0 Å². The van der Waals surface area contributed by atoms with E-state index in [1.54, 1.807) is 42.9 Å². The molecule has 0 unspecified atom stereocenters. The molecule has 1 amide bonds. The van der Waals surface area contributed by atoms with Gasteiger partial charge in [-0.2, -0.15) is 0 Å². The van der Waals surface area contributed by atoms with Crippen molar-refractivity contribution < 1.29 is 9.18 Å². The summed E-state index contributed by atoms with van der Waals surface area (Å²) >= 11 is 0. The van der Waals surface area contributed by atoms with Gasteiger partial charge >= 0.3 is 0 Å². The van der Waals surface area contributed by atoms with Gasteiger partial charge < -0.3 is 15.1 Å². The fourth-order valence-corrected chi connectivity index (χ4v) is 3.36. The summed E-state index contributed by atoms with van der Waals surface area (Å²) in [5.74, 6) is 0.421. The first-order valence-corrected chi connectivity index (χ1v) is 9.58. The molecule has 2 aromatic heterocycles. The summed E-state index contributed by atoms with van der Waals surface area (Å²) in [4.78, 5) is 25.2. The Morgan fingerprint density at radius 2 is 1.69 bits per heavy atom. The van der Waals surface area contributed by atoms with Gasteiger partial charge in [0.2, 0.25) is 0 Å². The van der Waals surface area contributed by atoms with Crippen LogP contribution in [0.4, 0.5) is 15.9 Å². The summed E-state index contributed by atoms with van der Waals surface area (Å²) < 4.78 is 13.1. The van der Waals surface area contributed by atoms with E-state index in [9.17, 15) is 9.18 Å². The van der Waals surface area contributed by atoms with Crippen molar-refractivity contribution in [2.24, 2.45) is 0 Å². The lowest BCUT2D eigenvalue weighted by atomic mass is 10.2. The molecule has 1 fully saturated rings. The third-order valence-corrected chi connectivity index (χ3v) is 4.99. The summed E-state index contributed by atoms with van der Waals surface area (Å²) in [5.41, 5.74) is 2.69. The molecule has 0 bridgehead atoms. The second kappa shape index (κ2) is 8.68. The van der Waals surface area contributed by atoms with E-state index in [1.807, 2.05) is 17.0 Å². The predicted octanol–water partition coefficient (Wildman–Crippen LogP) is 3.19. The Balaban J connectivity index is 1.35. The highest BCUT2D eigenvalue weighted by Gasteiger charge is 2.22. The van der Waals surface area contributed by atoms with Crippen LogP contribution in [0.1, 0.15) is 15.9 Å². The highest BCUT2D eigenvalue weighted by molar-refractivity contribution is 5.95. The van der Waals surface area contributed by atoms with E-state index in [-0.39, 0.29) is 11.7 Å². The second-order valence-electron chi connectivity index (χ2n) is 6.89. The second-order valence-corrected chi connectivity index (χ2v) is 6.89. The van der Waals surface area contributed by atoms with Crippen molar-refractivity contribution in [1.82, 2.24) is 14.9 Å². The molecule has 29 heavy (non-hydrogen) atoms. The Hall–Kier alpha value is -3.48. The molecule has 3 heterocycles. The number of nitrogens with one attached hydrogen (secondary N) is 1. The molecule has 1 N–H and O–H groups in total. The highest BCUT2D eigenvalue weighted by atomic mass is 19.1. The van der Waals surface area contributed by atoms with Gasteiger partial charge in [-0.25, -0.2) is 9.37 Å². The minimum absolute atomic E-state index is 0.00174. The molecule has 3 aromatic rings. The molecule has 1 aliphatic heterocycles. The molecule has 6 nitrogen and oxygen atoms in total. The average molecular weight is 391 g/mol. The van der Waals surface area contributed by atoms with Gasteiger partial charge in [-0.1, -0.05) is 0 Å². The molecule has 0 atom stereocenters. The van der Waals surface area contributed by atoms with Crippen LogP contribution < -0.4 is 10.2 Å². The first-order valence-electron chi connectivity index (χ1n) is 9.58. The van der Waals surface area contributed by atoms with Crippen molar-refractivity contribution >= 4 is 17.4 Å². The Bertz CT molecular complexity index is 956. The van der Waals surface area contributed by atoms with Gasteiger partial charge in [-0.15, -0.1) is 0 Å². The largest absolute Gasteiger partial charge is 0.368 e. The molecule has 0 aliphatic carbocycles.